The Morgan fingerprint density at radius 1 is 1.21 bits per heavy atom. The monoisotopic (exact) mass is 195 g/mol. The fourth-order valence-corrected chi connectivity index (χ4v) is 3.23. The first-order valence-corrected chi connectivity index (χ1v) is 6.24. The van der Waals surface area contributed by atoms with Gasteiger partial charge in [-0.2, -0.15) is 0 Å². The Morgan fingerprint density at radius 2 is 2.07 bits per heavy atom. The van der Waals surface area contributed by atoms with Crippen LogP contribution in [0.3, 0.4) is 0 Å². The number of hydrogen-bond donors (Lipinski definition) is 1. The van der Waals surface area contributed by atoms with Gasteiger partial charge in [-0.3, -0.25) is 0 Å². The molecule has 1 aliphatic carbocycles. The van der Waals surface area contributed by atoms with Crippen molar-refractivity contribution in [3.05, 3.63) is 0 Å². The molecular formula is C12H21NO. The van der Waals surface area contributed by atoms with E-state index in [1.165, 1.54) is 38.5 Å². The van der Waals surface area contributed by atoms with E-state index in [1.54, 1.807) is 0 Å². The molecule has 3 aliphatic rings. The Bertz CT molecular complexity index is 214. The van der Waals surface area contributed by atoms with Crippen molar-refractivity contribution in [1.29, 1.82) is 0 Å². The lowest BCUT2D eigenvalue weighted by Crippen LogP contribution is -2.47. The van der Waals surface area contributed by atoms with Crippen LogP contribution in [0.1, 0.15) is 45.4 Å². The summed E-state index contributed by atoms with van der Waals surface area (Å²) >= 11 is 0. The molecule has 2 heterocycles. The summed E-state index contributed by atoms with van der Waals surface area (Å²) in [4.78, 5) is 0. The van der Waals surface area contributed by atoms with E-state index in [0.29, 0.717) is 18.2 Å². The minimum atomic E-state index is 0.544. The van der Waals surface area contributed by atoms with Crippen molar-refractivity contribution < 1.29 is 4.74 Å². The highest BCUT2D eigenvalue weighted by Crippen LogP contribution is 2.36. The van der Waals surface area contributed by atoms with Gasteiger partial charge in [0.15, 0.2) is 0 Å². The Morgan fingerprint density at radius 3 is 2.57 bits per heavy atom. The Hall–Kier alpha value is -0.0800. The molecule has 0 aromatic carbocycles. The van der Waals surface area contributed by atoms with Gasteiger partial charge in [-0.15, -0.1) is 0 Å². The van der Waals surface area contributed by atoms with Gasteiger partial charge in [-0.1, -0.05) is 6.42 Å². The van der Waals surface area contributed by atoms with E-state index in [4.69, 9.17) is 4.74 Å². The van der Waals surface area contributed by atoms with Crippen molar-refractivity contribution in [3.63, 3.8) is 0 Å². The summed E-state index contributed by atoms with van der Waals surface area (Å²) in [6.45, 7) is 2.36. The molecular weight excluding hydrogens is 174 g/mol. The van der Waals surface area contributed by atoms with E-state index in [9.17, 15) is 0 Å². The van der Waals surface area contributed by atoms with Crippen molar-refractivity contribution in [1.82, 2.24) is 5.32 Å². The second-order valence-electron chi connectivity index (χ2n) is 5.36. The zero-order valence-corrected chi connectivity index (χ0v) is 9.04. The van der Waals surface area contributed by atoms with Gasteiger partial charge in [0.2, 0.25) is 0 Å². The van der Waals surface area contributed by atoms with Gasteiger partial charge in [0.05, 0.1) is 12.2 Å². The quantitative estimate of drug-likeness (QED) is 0.744. The van der Waals surface area contributed by atoms with Gasteiger partial charge in [-0.05, 0) is 44.9 Å². The Kier molecular flexibility index (Phi) is 2.29. The molecule has 0 radical (unpaired) electrons. The summed E-state index contributed by atoms with van der Waals surface area (Å²) in [7, 11) is 0. The molecule has 0 aromatic rings. The topological polar surface area (TPSA) is 21.3 Å². The average molecular weight is 195 g/mol. The smallest absolute Gasteiger partial charge is 0.0733 e. The molecule has 2 saturated heterocycles. The lowest BCUT2D eigenvalue weighted by Gasteiger charge is -2.35. The molecule has 1 unspecified atom stereocenters. The Balaban J connectivity index is 1.52. The first kappa shape index (κ1) is 9.17. The van der Waals surface area contributed by atoms with Crippen LogP contribution >= 0.6 is 0 Å². The molecule has 80 valence electrons. The van der Waals surface area contributed by atoms with Crippen LogP contribution in [0.25, 0.3) is 0 Å². The standard InChI is InChI=1S/C12H21NO/c1-8(9-3-2-4-9)13-11-7-10-5-6-12(11)14-10/h8-13H,2-7H2,1H3/t8?,10-,11-,12+/m1/s1. The highest BCUT2D eigenvalue weighted by molar-refractivity contribution is 4.96. The molecule has 0 spiro atoms. The third kappa shape index (κ3) is 1.49. The van der Waals surface area contributed by atoms with Gasteiger partial charge < -0.3 is 10.1 Å². The Labute approximate surface area is 86.4 Å². The van der Waals surface area contributed by atoms with E-state index in [1.807, 2.05) is 0 Å². The van der Waals surface area contributed by atoms with Crippen molar-refractivity contribution in [3.8, 4) is 0 Å². The second kappa shape index (κ2) is 3.49. The largest absolute Gasteiger partial charge is 0.373 e. The molecule has 1 N–H and O–H groups in total. The van der Waals surface area contributed by atoms with Crippen molar-refractivity contribution in [2.75, 3.05) is 0 Å². The summed E-state index contributed by atoms with van der Waals surface area (Å²) in [6.07, 6.45) is 9.33. The van der Waals surface area contributed by atoms with E-state index in [2.05, 4.69) is 12.2 Å². The molecule has 2 heteroatoms. The molecule has 2 nitrogen and oxygen atoms in total. The maximum absolute atomic E-state index is 5.85. The van der Waals surface area contributed by atoms with Crippen LogP contribution < -0.4 is 5.32 Å². The third-order valence-electron chi connectivity index (χ3n) is 4.44. The summed E-state index contributed by atoms with van der Waals surface area (Å²) in [5, 5.41) is 3.79. The zero-order chi connectivity index (χ0) is 9.54. The first-order valence-electron chi connectivity index (χ1n) is 6.24. The third-order valence-corrected chi connectivity index (χ3v) is 4.44. The van der Waals surface area contributed by atoms with Crippen LogP contribution in [-0.2, 0) is 4.74 Å². The predicted molar refractivity (Wildman–Crippen MR) is 56.2 cm³/mol. The molecule has 3 fully saturated rings. The van der Waals surface area contributed by atoms with E-state index in [0.717, 1.165) is 12.0 Å². The number of nitrogens with one attached hydrogen (secondary N) is 1. The SMILES string of the molecule is CC(N[C@@H]1C[C@H]2CC[C@@H]1O2)C1CCC1. The molecule has 0 amide bonds. The van der Waals surface area contributed by atoms with E-state index < -0.39 is 0 Å². The van der Waals surface area contributed by atoms with E-state index in [-0.39, 0.29) is 0 Å². The van der Waals surface area contributed by atoms with Crippen LogP contribution in [0.4, 0.5) is 0 Å². The van der Waals surface area contributed by atoms with Crippen LogP contribution in [-0.4, -0.2) is 24.3 Å². The average Bonchev–Trinajstić information content (AvgIpc) is 2.60. The summed E-state index contributed by atoms with van der Waals surface area (Å²) in [5.41, 5.74) is 0. The summed E-state index contributed by atoms with van der Waals surface area (Å²) < 4.78 is 5.85. The van der Waals surface area contributed by atoms with Crippen molar-refractivity contribution in [2.24, 2.45) is 5.92 Å². The lowest BCUT2D eigenvalue weighted by atomic mass is 9.79. The van der Waals surface area contributed by atoms with Crippen LogP contribution in [0.2, 0.25) is 0 Å². The molecule has 14 heavy (non-hydrogen) atoms. The van der Waals surface area contributed by atoms with Crippen LogP contribution in [0.5, 0.6) is 0 Å². The highest BCUT2D eigenvalue weighted by atomic mass is 16.5. The van der Waals surface area contributed by atoms with Gasteiger partial charge in [0, 0.05) is 12.1 Å². The van der Waals surface area contributed by atoms with Gasteiger partial charge in [-0.25, -0.2) is 0 Å². The van der Waals surface area contributed by atoms with Gasteiger partial charge in [0.1, 0.15) is 0 Å². The predicted octanol–water partition coefficient (Wildman–Crippen LogP) is 2.08. The fourth-order valence-electron chi connectivity index (χ4n) is 3.23. The minimum Gasteiger partial charge on any atom is -0.373 e. The van der Waals surface area contributed by atoms with Crippen LogP contribution in [0, 0.1) is 5.92 Å². The molecule has 0 aromatic heterocycles. The lowest BCUT2D eigenvalue weighted by molar-refractivity contribution is 0.0932. The maximum Gasteiger partial charge on any atom is 0.0733 e. The molecule has 2 bridgehead atoms. The highest BCUT2D eigenvalue weighted by Gasteiger charge is 2.41. The summed E-state index contributed by atoms with van der Waals surface area (Å²) in [5.74, 6) is 0.953. The fraction of sp³-hybridized carbons (Fsp3) is 1.00. The molecule has 4 atom stereocenters. The molecule has 1 saturated carbocycles. The molecule has 3 rings (SSSR count). The zero-order valence-electron chi connectivity index (χ0n) is 9.04. The van der Waals surface area contributed by atoms with Crippen LogP contribution in [0.15, 0.2) is 0 Å². The van der Waals surface area contributed by atoms with Gasteiger partial charge >= 0.3 is 0 Å². The van der Waals surface area contributed by atoms with Crippen molar-refractivity contribution in [2.45, 2.75) is 69.7 Å². The number of fused-ring (bicyclic) bond motifs is 2. The number of hydrogen-bond acceptors (Lipinski definition) is 2. The number of ether oxygens (including phenoxy) is 1. The normalized spacial score (nSPS) is 43.9. The molecule has 2 aliphatic heterocycles. The number of rotatable bonds is 3. The summed E-state index contributed by atoms with van der Waals surface area (Å²) in [6, 6.07) is 1.39. The maximum atomic E-state index is 5.85. The van der Waals surface area contributed by atoms with E-state index >= 15 is 0 Å². The van der Waals surface area contributed by atoms with Gasteiger partial charge in [0.25, 0.3) is 0 Å². The first-order chi connectivity index (χ1) is 6.83. The van der Waals surface area contributed by atoms with Crippen molar-refractivity contribution >= 4 is 0 Å². The second-order valence-corrected chi connectivity index (χ2v) is 5.36. The minimum absolute atomic E-state index is 0.544.